The van der Waals surface area contributed by atoms with Gasteiger partial charge in [-0.15, -0.1) is 0 Å². The van der Waals surface area contributed by atoms with Crippen molar-refractivity contribution in [3.05, 3.63) is 109 Å². The molecule has 2 N–H and O–H groups in total. The molecule has 1 saturated heterocycles. The van der Waals surface area contributed by atoms with Crippen LogP contribution in [-0.4, -0.2) is 32.2 Å². The van der Waals surface area contributed by atoms with E-state index in [1.807, 2.05) is 103 Å². The Morgan fingerprint density at radius 1 is 0.686 bits per heavy atom. The highest BCUT2D eigenvalue weighted by Crippen LogP contribution is 2.25. The summed E-state index contributed by atoms with van der Waals surface area (Å²) in [5.41, 5.74) is 4.34. The van der Waals surface area contributed by atoms with Crippen LogP contribution in [-0.2, 0) is 4.74 Å². The van der Waals surface area contributed by atoms with Crippen LogP contribution < -0.4 is 20.3 Å². The molecule has 0 atom stereocenters. The molecule has 5 rings (SSSR count). The van der Waals surface area contributed by atoms with Gasteiger partial charge < -0.3 is 25.0 Å². The molecule has 4 aromatic carbocycles. The zero-order valence-electron chi connectivity index (χ0n) is 19.3. The molecule has 1 aliphatic heterocycles. The lowest BCUT2D eigenvalue weighted by atomic mass is 10.1. The van der Waals surface area contributed by atoms with Crippen LogP contribution in [0.2, 0.25) is 0 Å². The topological polar surface area (TPSA) is 62.8 Å². The van der Waals surface area contributed by atoms with Crippen LogP contribution in [0.25, 0.3) is 0 Å². The first-order chi connectivity index (χ1) is 17.2. The van der Waals surface area contributed by atoms with Gasteiger partial charge in [0, 0.05) is 41.4 Å². The predicted octanol–water partition coefficient (Wildman–Crippen LogP) is 6.31. The maximum Gasteiger partial charge on any atom is 0.255 e. The molecule has 0 saturated carbocycles. The van der Waals surface area contributed by atoms with Gasteiger partial charge in [-0.2, -0.15) is 0 Å². The van der Waals surface area contributed by atoms with Crippen LogP contribution in [0.3, 0.4) is 0 Å². The van der Waals surface area contributed by atoms with E-state index in [1.165, 1.54) is 0 Å². The molecule has 0 bridgehead atoms. The summed E-state index contributed by atoms with van der Waals surface area (Å²) < 4.78 is 11.2. The van der Waals surface area contributed by atoms with Crippen molar-refractivity contribution in [2.75, 3.05) is 41.8 Å². The van der Waals surface area contributed by atoms with E-state index < -0.39 is 0 Å². The molecular formula is C29H27N3O3. The lowest BCUT2D eigenvalue weighted by Gasteiger charge is -2.28. The largest absolute Gasteiger partial charge is 0.457 e. The van der Waals surface area contributed by atoms with Gasteiger partial charge in [-0.25, -0.2) is 0 Å². The number of rotatable bonds is 7. The smallest absolute Gasteiger partial charge is 0.255 e. The summed E-state index contributed by atoms with van der Waals surface area (Å²) in [5.74, 6) is 1.43. The van der Waals surface area contributed by atoms with Crippen molar-refractivity contribution in [1.29, 1.82) is 0 Å². The highest BCUT2D eigenvalue weighted by atomic mass is 16.5. The van der Waals surface area contributed by atoms with Crippen molar-refractivity contribution in [1.82, 2.24) is 0 Å². The first-order valence-corrected chi connectivity index (χ1v) is 11.7. The Bertz CT molecular complexity index is 1240. The number of amides is 1. The van der Waals surface area contributed by atoms with E-state index in [2.05, 4.69) is 15.5 Å². The molecule has 0 spiro atoms. The summed E-state index contributed by atoms with van der Waals surface area (Å²) in [6, 6.07) is 32.8. The van der Waals surface area contributed by atoms with E-state index in [9.17, 15) is 4.79 Å². The molecular weight excluding hydrogens is 438 g/mol. The fourth-order valence-corrected chi connectivity index (χ4v) is 3.88. The Balaban J connectivity index is 1.15. The Kier molecular flexibility index (Phi) is 6.92. The fourth-order valence-electron chi connectivity index (χ4n) is 3.88. The number of anilines is 4. The normalized spacial score (nSPS) is 13.2. The molecule has 6 heteroatoms. The second-order valence-electron chi connectivity index (χ2n) is 8.24. The Hall–Kier alpha value is -4.29. The fraction of sp³-hybridized carbons (Fsp3) is 0.138. The van der Waals surface area contributed by atoms with E-state index in [0.29, 0.717) is 5.56 Å². The summed E-state index contributed by atoms with van der Waals surface area (Å²) in [5, 5.41) is 6.31. The third-order valence-electron chi connectivity index (χ3n) is 5.77. The van der Waals surface area contributed by atoms with E-state index in [1.54, 1.807) is 0 Å². The molecule has 1 amide bonds. The summed E-state index contributed by atoms with van der Waals surface area (Å²) >= 11 is 0. The molecule has 4 aromatic rings. The van der Waals surface area contributed by atoms with Gasteiger partial charge in [0.05, 0.1) is 13.2 Å². The summed E-state index contributed by atoms with van der Waals surface area (Å²) in [6.07, 6.45) is 0. The molecule has 0 unspecified atom stereocenters. The van der Waals surface area contributed by atoms with Crippen molar-refractivity contribution >= 4 is 28.7 Å². The lowest BCUT2D eigenvalue weighted by molar-refractivity contribution is 0.102. The number of carbonyl (C=O) groups is 1. The molecule has 1 fully saturated rings. The number of ether oxygens (including phenoxy) is 2. The summed E-state index contributed by atoms with van der Waals surface area (Å²) in [4.78, 5) is 15.0. The molecule has 1 heterocycles. The second kappa shape index (κ2) is 10.8. The first kappa shape index (κ1) is 22.5. The third kappa shape index (κ3) is 5.99. The van der Waals surface area contributed by atoms with Crippen LogP contribution in [0, 0.1) is 0 Å². The van der Waals surface area contributed by atoms with Crippen molar-refractivity contribution in [3.63, 3.8) is 0 Å². The minimum atomic E-state index is -0.141. The molecule has 35 heavy (non-hydrogen) atoms. The number of carbonyl (C=O) groups excluding carboxylic acids is 1. The molecule has 6 nitrogen and oxygen atoms in total. The average molecular weight is 466 g/mol. The molecule has 0 aromatic heterocycles. The van der Waals surface area contributed by atoms with Gasteiger partial charge in [-0.3, -0.25) is 4.79 Å². The number of nitrogens with zero attached hydrogens (tertiary/aromatic N) is 1. The van der Waals surface area contributed by atoms with Crippen molar-refractivity contribution < 1.29 is 14.3 Å². The lowest BCUT2D eigenvalue weighted by Crippen LogP contribution is -2.36. The summed E-state index contributed by atoms with van der Waals surface area (Å²) in [7, 11) is 0. The zero-order valence-corrected chi connectivity index (χ0v) is 19.3. The zero-order chi connectivity index (χ0) is 23.9. The monoisotopic (exact) mass is 465 g/mol. The van der Waals surface area contributed by atoms with Crippen molar-refractivity contribution in [2.45, 2.75) is 0 Å². The maximum absolute atomic E-state index is 12.7. The van der Waals surface area contributed by atoms with Crippen LogP contribution in [0.4, 0.5) is 22.7 Å². The van der Waals surface area contributed by atoms with Gasteiger partial charge in [0.1, 0.15) is 11.5 Å². The van der Waals surface area contributed by atoms with Gasteiger partial charge >= 0.3 is 0 Å². The van der Waals surface area contributed by atoms with Crippen molar-refractivity contribution in [3.8, 4) is 11.5 Å². The quantitative estimate of drug-likeness (QED) is 0.335. The van der Waals surface area contributed by atoms with E-state index >= 15 is 0 Å². The Labute approximate surface area is 205 Å². The Morgan fingerprint density at radius 3 is 1.91 bits per heavy atom. The molecule has 0 radical (unpaired) electrons. The van der Waals surface area contributed by atoms with E-state index in [-0.39, 0.29) is 5.91 Å². The SMILES string of the molecule is O=C(Nc1ccc(N2CCOCC2)cc1)c1ccc(Nc2ccc(Oc3ccccc3)cc2)cc1. The van der Waals surface area contributed by atoms with Crippen molar-refractivity contribution in [2.24, 2.45) is 0 Å². The van der Waals surface area contributed by atoms with Gasteiger partial charge in [-0.1, -0.05) is 18.2 Å². The minimum absolute atomic E-state index is 0.141. The molecule has 1 aliphatic rings. The van der Waals surface area contributed by atoms with E-state index in [0.717, 1.165) is 60.6 Å². The second-order valence-corrected chi connectivity index (χ2v) is 8.24. The van der Waals surface area contributed by atoms with Crippen LogP contribution >= 0.6 is 0 Å². The van der Waals surface area contributed by atoms with Crippen LogP contribution in [0.1, 0.15) is 10.4 Å². The van der Waals surface area contributed by atoms with Gasteiger partial charge in [-0.05, 0) is 84.9 Å². The van der Waals surface area contributed by atoms with Gasteiger partial charge in [0.15, 0.2) is 0 Å². The number of nitrogens with one attached hydrogen (secondary N) is 2. The maximum atomic E-state index is 12.7. The number of hydrogen-bond donors (Lipinski definition) is 2. The number of hydrogen-bond acceptors (Lipinski definition) is 5. The van der Waals surface area contributed by atoms with Gasteiger partial charge in [0.2, 0.25) is 0 Å². The van der Waals surface area contributed by atoms with Gasteiger partial charge in [0.25, 0.3) is 5.91 Å². The predicted molar refractivity (Wildman–Crippen MR) is 140 cm³/mol. The molecule has 176 valence electrons. The first-order valence-electron chi connectivity index (χ1n) is 11.7. The number of morpholine rings is 1. The standard InChI is InChI=1S/C29H27N3O3/c33-29(31-25-10-14-26(15-11-25)32-18-20-34-21-19-32)22-6-8-23(9-7-22)30-24-12-16-28(17-13-24)35-27-4-2-1-3-5-27/h1-17,30H,18-21H2,(H,31,33). The average Bonchev–Trinajstić information content (AvgIpc) is 2.92. The highest BCUT2D eigenvalue weighted by molar-refractivity contribution is 6.04. The Morgan fingerprint density at radius 2 is 1.26 bits per heavy atom. The minimum Gasteiger partial charge on any atom is -0.457 e. The number of para-hydroxylation sites is 1. The van der Waals surface area contributed by atoms with E-state index in [4.69, 9.17) is 9.47 Å². The summed E-state index contributed by atoms with van der Waals surface area (Å²) in [6.45, 7) is 3.27. The third-order valence-corrected chi connectivity index (χ3v) is 5.77. The van der Waals surface area contributed by atoms with Crippen LogP contribution in [0.15, 0.2) is 103 Å². The molecule has 0 aliphatic carbocycles. The highest BCUT2D eigenvalue weighted by Gasteiger charge is 2.12. The van der Waals surface area contributed by atoms with Crippen LogP contribution in [0.5, 0.6) is 11.5 Å². The number of benzene rings is 4.